The van der Waals surface area contributed by atoms with E-state index in [2.05, 4.69) is 15.4 Å². The fourth-order valence-electron chi connectivity index (χ4n) is 1.88. The summed E-state index contributed by atoms with van der Waals surface area (Å²) in [7, 11) is 1.34. The van der Waals surface area contributed by atoms with E-state index in [0.29, 0.717) is 5.92 Å². The van der Waals surface area contributed by atoms with Gasteiger partial charge in [-0.25, -0.2) is 4.79 Å². The lowest BCUT2D eigenvalue weighted by Crippen LogP contribution is -2.14. The number of benzene rings is 1. The minimum absolute atomic E-state index is 0.462. The summed E-state index contributed by atoms with van der Waals surface area (Å²) in [6.45, 7) is 2.57. The highest BCUT2D eigenvalue weighted by Gasteiger charge is 2.14. The van der Waals surface area contributed by atoms with Crippen molar-refractivity contribution in [3.8, 4) is 0 Å². The monoisotopic (exact) mass is 250 g/mol. The van der Waals surface area contributed by atoms with Crippen LogP contribution in [0.3, 0.4) is 0 Å². The van der Waals surface area contributed by atoms with Crippen LogP contribution in [-0.4, -0.2) is 33.0 Å². The van der Waals surface area contributed by atoms with Crippen molar-refractivity contribution in [2.75, 3.05) is 37.5 Å². The van der Waals surface area contributed by atoms with Crippen molar-refractivity contribution in [1.29, 1.82) is 0 Å². The van der Waals surface area contributed by atoms with Crippen LogP contribution >= 0.6 is 0 Å². The third kappa shape index (κ3) is 3.63. The van der Waals surface area contributed by atoms with Crippen LogP contribution in [0.4, 0.5) is 16.2 Å². The second kappa shape index (κ2) is 6.26. The van der Waals surface area contributed by atoms with Gasteiger partial charge in [-0.3, -0.25) is 5.32 Å². The number of amides is 1. The zero-order valence-corrected chi connectivity index (χ0v) is 10.4. The van der Waals surface area contributed by atoms with Gasteiger partial charge >= 0.3 is 6.09 Å². The Kier molecular flexibility index (Phi) is 4.41. The van der Waals surface area contributed by atoms with Gasteiger partial charge in [-0.15, -0.1) is 0 Å². The van der Waals surface area contributed by atoms with Crippen molar-refractivity contribution in [2.24, 2.45) is 5.92 Å². The molecule has 1 aliphatic rings. The molecule has 2 rings (SSSR count). The van der Waals surface area contributed by atoms with Gasteiger partial charge in [-0.2, -0.15) is 0 Å². The fourth-order valence-corrected chi connectivity index (χ4v) is 1.88. The molecule has 1 atom stereocenters. The van der Waals surface area contributed by atoms with E-state index >= 15 is 0 Å². The predicted octanol–water partition coefficient (Wildman–Crippen LogP) is 2.31. The maximum absolute atomic E-state index is 11.1. The van der Waals surface area contributed by atoms with Gasteiger partial charge in [0.2, 0.25) is 0 Å². The summed E-state index contributed by atoms with van der Waals surface area (Å²) in [5, 5.41) is 5.98. The maximum Gasteiger partial charge on any atom is 0.411 e. The van der Waals surface area contributed by atoms with Gasteiger partial charge in [0.1, 0.15) is 0 Å². The molecule has 98 valence electrons. The Bertz CT molecular complexity index is 403. The van der Waals surface area contributed by atoms with Crippen molar-refractivity contribution < 1.29 is 14.3 Å². The highest BCUT2D eigenvalue weighted by Crippen LogP contribution is 2.17. The van der Waals surface area contributed by atoms with E-state index in [1.54, 1.807) is 0 Å². The molecule has 1 aromatic carbocycles. The van der Waals surface area contributed by atoms with Gasteiger partial charge in [-0.1, -0.05) is 6.07 Å². The molecule has 0 bridgehead atoms. The molecule has 0 aliphatic carbocycles. The Morgan fingerprint density at radius 3 is 3.06 bits per heavy atom. The highest BCUT2D eigenvalue weighted by molar-refractivity contribution is 5.85. The van der Waals surface area contributed by atoms with Gasteiger partial charge in [0.05, 0.1) is 13.7 Å². The van der Waals surface area contributed by atoms with E-state index in [-0.39, 0.29) is 0 Å². The smallest absolute Gasteiger partial charge is 0.411 e. The molecule has 5 nitrogen and oxygen atoms in total. The molecule has 18 heavy (non-hydrogen) atoms. The molecule has 2 N–H and O–H groups in total. The third-order valence-electron chi connectivity index (χ3n) is 2.91. The van der Waals surface area contributed by atoms with Crippen LogP contribution in [0.1, 0.15) is 6.42 Å². The number of hydrogen-bond acceptors (Lipinski definition) is 4. The predicted molar refractivity (Wildman–Crippen MR) is 69.9 cm³/mol. The molecule has 1 unspecified atom stereocenters. The van der Waals surface area contributed by atoms with Crippen LogP contribution in [-0.2, 0) is 9.47 Å². The molecule has 1 heterocycles. The van der Waals surface area contributed by atoms with Gasteiger partial charge in [-0.05, 0) is 24.6 Å². The SMILES string of the molecule is COC(=O)Nc1cccc(NCC2CCOC2)c1. The lowest BCUT2D eigenvalue weighted by atomic mass is 10.1. The molecule has 0 radical (unpaired) electrons. The van der Waals surface area contributed by atoms with Crippen LogP contribution in [0.5, 0.6) is 0 Å². The average Bonchev–Trinajstić information content (AvgIpc) is 2.90. The van der Waals surface area contributed by atoms with Crippen molar-refractivity contribution in [3.05, 3.63) is 24.3 Å². The molecule has 0 aromatic heterocycles. The summed E-state index contributed by atoms with van der Waals surface area (Å²) < 4.78 is 9.87. The average molecular weight is 250 g/mol. The molecule has 0 spiro atoms. The van der Waals surface area contributed by atoms with E-state index in [9.17, 15) is 4.79 Å². The Hall–Kier alpha value is -1.75. The largest absolute Gasteiger partial charge is 0.453 e. The van der Waals surface area contributed by atoms with Crippen LogP contribution in [0.2, 0.25) is 0 Å². The van der Waals surface area contributed by atoms with Crippen LogP contribution in [0, 0.1) is 5.92 Å². The molecule has 5 heteroatoms. The van der Waals surface area contributed by atoms with Crippen LogP contribution < -0.4 is 10.6 Å². The van der Waals surface area contributed by atoms with E-state index in [1.165, 1.54) is 7.11 Å². The maximum atomic E-state index is 11.1. The first-order valence-electron chi connectivity index (χ1n) is 6.04. The number of carbonyl (C=O) groups is 1. The number of carbonyl (C=O) groups excluding carboxylic acids is 1. The van der Waals surface area contributed by atoms with Crippen molar-refractivity contribution in [1.82, 2.24) is 0 Å². The lowest BCUT2D eigenvalue weighted by Gasteiger charge is -2.12. The van der Waals surface area contributed by atoms with Gasteiger partial charge in [0, 0.05) is 30.4 Å². The Labute approximate surface area is 106 Å². The molecule has 1 aliphatic heterocycles. The van der Waals surface area contributed by atoms with Crippen LogP contribution in [0.25, 0.3) is 0 Å². The Morgan fingerprint density at radius 1 is 1.50 bits per heavy atom. The van der Waals surface area contributed by atoms with Crippen LogP contribution in [0.15, 0.2) is 24.3 Å². The zero-order valence-electron chi connectivity index (χ0n) is 10.4. The molecule has 1 fully saturated rings. The summed E-state index contributed by atoms with van der Waals surface area (Å²) in [6, 6.07) is 7.56. The molecule has 0 saturated carbocycles. The molecule has 1 saturated heterocycles. The number of methoxy groups -OCH3 is 1. The molecule has 1 amide bonds. The number of ether oxygens (including phenoxy) is 2. The third-order valence-corrected chi connectivity index (χ3v) is 2.91. The molecule has 1 aromatic rings. The Morgan fingerprint density at radius 2 is 2.33 bits per heavy atom. The van der Waals surface area contributed by atoms with Crippen molar-refractivity contribution >= 4 is 17.5 Å². The number of nitrogens with one attached hydrogen (secondary N) is 2. The minimum atomic E-state index is -0.462. The first-order chi connectivity index (χ1) is 8.78. The van der Waals surface area contributed by atoms with E-state index < -0.39 is 6.09 Å². The number of anilines is 2. The van der Waals surface area contributed by atoms with Crippen molar-refractivity contribution in [2.45, 2.75) is 6.42 Å². The second-order valence-electron chi connectivity index (χ2n) is 4.31. The summed E-state index contributed by atoms with van der Waals surface area (Å²) in [5.41, 5.74) is 1.70. The minimum Gasteiger partial charge on any atom is -0.453 e. The number of hydrogen-bond donors (Lipinski definition) is 2. The van der Waals surface area contributed by atoms with Gasteiger partial charge < -0.3 is 14.8 Å². The Balaban J connectivity index is 1.87. The van der Waals surface area contributed by atoms with E-state index in [4.69, 9.17) is 4.74 Å². The number of rotatable bonds is 4. The van der Waals surface area contributed by atoms with E-state index in [1.807, 2.05) is 24.3 Å². The highest BCUT2D eigenvalue weighted by atomic mass is 16.5. The first kappa shape index (κ1) is 12.7. The zero-order chi connectivity index (χ0) is 12.8. The van der Waals surface area contributed by atoms with Gasteiger partial charge in [0.15, 0.2) is 0 Å². The van der Waals surface area contributed by atoms with E-state index in [0.717, 1.165) is 37.6 Å². The fraction of sp³-hybridized carbons (Fsp3) is 0.462. The van der Waals surface area contributed by atoms with Gasteiger partial charge in [0.25, 0.3) is 0 Å². The standard InChI is InChI=1S/C13H18N2O3/c1-17-13(16)15-12-4-2-3-11(7-12)14-8-10-5-6-18-9-10/h2-4,7,10,14H,5-6,8-9H2,1H3,(H,15,16). The summed E-state index contributed by atoms with van der Waals surface area (Å²) >= 11 is 0. The topological polar surface area (TPSA) is 59.6 Å². The first-order valence-corrected chi connectivity index (χ1v) is 6.04. The summed E-state index contributed by atoms with van der Waals surface area (Å²) in [4.78, 5) is 11.1. The normalized spacial score (nSPS) is 18.4. The molecular formula is C13H18N2O3. The van der Waals surface area contributed by atoms with Crippen molar-refractivity contribution in [3.63, 3.8) is 0 Å². The summed E-state index contributed by atoms with van der Waals surface area (Å²) in [6.07, 6.45) is 0.643. The quantitative estimate of drug-likeness (QED) is 0.861. The lowest BCUT2D eigenvalue weighted by molar-refractivity contribution is 0.187. The summed E-state index contributed by atoms with van der Waals surface area (Å²) in [5.74, 6) is 0.572. The molecular weight excluding hydrogens is 232 g/mol. The second-order valence-corrected chi connectivity index (χ2v) is 4.31.